The van der Waals surface area contributed by atoms with Crippen LogP contribution in [-0.4, -0.2) is 42.2 Å². The van der Waals surface area contributed by atoms with E-state index in [1.165, 1.54) is 13.3 Å². The van der Waals surface area contributed by atoms with Crippen molar-refractivity contribution in [2.75, 3.05) is 13.1 Å². The minimum atomic E-state index is -0.366. The number of aliphatic imine (C=N–C) groups is 2. The maximum atomic E-state index is 11.0. The van der Waals surface area contributed by atoms with Gasteiger partial charge in [0, 0.05) is 31.2 Å². The van der Waals surface area contributed by atoms with E-state index in [1.54, 1.807) is 0 Å². The molecule has 0 saturated carbocycles. The molecular formula is C16H18ClN5O. The quantitative estimate of drug-likeness (QED) is 0.876. The Bertz CT molecular complexity index is 695. The lowest BCUT2D eigenvalue weighted by molar-refractivity contribution is -0.118. The SMILES string of the molecule is CC(=O)NCCN1C=C(c2ccc(Cl)cc2)C2C1=NC=NC2N. The van der Waals surface area contributed by atoms with Crippen LogP contribution >= 0.6 is 11.6 Å². The minimum Gasteiger partial charge on any atom is -0.355 e. The molecule has 1 aromatic carbocycles. The van der Waals surface area contributed by atoms with Crippen molar-refractivity contribution in [2.24, 2.45) is 21.6 Å². The zero-order valence-electron chi connectivity index (χ0n) is 12.7. The Morgan fingerprint density at radius 1 is 1.39 bits per heavy atom. The molecule has 0 saturated heterocycles. The van der Waals surface area contributed by atoms with E-state index in [-0.39, 0.29) is 18.0 Å². The van der Waals surface area contributed by atoms with Crippen LogP contribution in [0.5, 0.6) is 0 Å². The first-order valence-corrected chi connectivity index (χ1v) is 7.77. The third kappa shape index (κ3) is 3.28. The molecule has 2 unspecified atom stereocenters. The second kappa shape index (κ2) is 6.52. The Morgan fingerprint density at radius 3 is 2.83 bits per heavy atom. The van der Waals surface area contributed by atoms with Crippen molar-refractivity contribution in [3.63, 3.8) is 0 Å². The lowest BCUT2D eigenvalue weighted by Crippen LogP contribution is -2.41. The van der Waals surface area contributed by atoms with Gasteiger partial charge >= 0.3 is 0 Å². The highest BCUT2D eigenvalue weighted by Crippen LogP contribution is 2.35. The summed E-state index contributed by atoms with van der Waals surface area (Å²) in [6, 6.07) is 7.64. The number of amidine groups is 1. The molecule has 2 aliphatic rings. The molecular weight excluding hydrogens is 314 g/mol. The summed E-state index contributed by atoms with van der Waals surface area (Å²) in [6.45, 7) is 2.67. The topological polar surface area (TPSA) is 83.1 Å². The molecule has 0 radical (unpaired) electrons. The van der Waals surface area contributed by atoms with Gasteiger partial charge in [0.2, 0.25) is 5.91 Å². The number of carbonyl (C=O) groups excluding carboxylic acids is 1. The Hall–Kier alpha value is -2.18. The zero-order chi connectivity index (χ0) is 16.4. The van der Waals surface area contributed by atoms with Gasteiger partial charge < -0.3 is 16.0 Å². The number of nitrogens with zero attached hydrogens (tertiary/aromatic N) is 3. The minimum absolute atomic E-state index is 0.0495. The predicted octanol–water partition coefficient (Wildman–Crippen LogP) is 1.47. The molecule has 1 aromatic rings. The van der Waals surface area contributed by atoms with Crippen LogP contribution in [0.15, 0.2) is 40.5 Å². The molecule has 23 heavy (non-hydrogen) atoms. The number of benzene rings is 1. The first-order valence-electron chi connectivity index (χ1n) is 7.40. The third-order valence-corrected chi connectivity index (χ3v) is 4.13. The number of nitrogens with two attached hydrogens (primary N) is 1. The first kappa shape index (κ1) is 15.7. The highest BCUT2D eigenvalue weighted by atomic mass is 35.5. The average Bonchev–Trinajstić information content (AvgIpc) is 2.88. The van der Waals surface area contributed by atoms with Crippen LogP contribution in [-0.2, 0) is 4.79 Å². The van der Waals surface area contributed by atoms with Crippen molar-refractivity contribution in [2.45, 2.75) is 13.1 Å². The average molecular weight is 332 g/mol. The van der Waals surface area contributed by atoms with Gasteiger partial charge in [-0.2, -0.15) is 0 Å². The van der Waals surface area contributed by atoms with Crippen molar-refractivity contribution in [3.8, 4) is 0 Å². The van der Waals surface area contributed by atoms with Crippen molar-refractivity contribution in [1.82, 2.24) is 10.2 Å². The van der Waals surface area contributed by atoms with Crippen LogP contribution in [0.2, 0.25) is 5.02 Å². The molecule has 0 fully saturated rings. The molecule has 6 nitrogen and oxygen atoms in total. The standard InChI is InChI=1S/C16H18ClN5O/c1-10(23)19-6-7-22-8-13(11-2-4-12(17)5-3-11)14-15(18)20-9-21-16(14)22/h2-5,8-9,14-15H,6-7,18H2,1H3,(H,19,23). The Labute approximate surface area is 139 Å². The number of halogens is 1. The zero-order valence-corrected chi connectivity index (χ0v) is 13.5. The molecule has 1 amide bonds. The van der Waals surface area contributed by atoms with Gasteiger partial charge in [-0.05, 0) is 23.3 Å². The molecule has 3 rings (SSSR count). The summed E-state index contributed by atoms with van der Waals surface area (Å²) in [4.78, 5) is 21.7. The highest BCUT2D eigenvalue weighted by Gasteiger charge is 2.37. The van der Waals surface area contributed by atoms with Gasteiger partial charge in [-0.3, -0.25) is 9.79 Å². The van der Waals surface area contributed by atoms with E-state index < -0.39 is 0 Å². The summed E-state index contributed by atoms with van der Waals surface area (Å²) in [5, 5.41) is 3.48. The summed E-state index contributed by atoms with van der Waals surface area (Å²) >= 11 is 5.97. The fourth-order valence-electron chi connectivity index (χ4n) is 2.81. The summed E-state index contributed by atoms with van der Waals surface area (Å²) in [5.74, 6) is 0.729. The maximum absolute atomic E-state index is 11.0. The van der Waals surface area contributed by atoms with Gasteiger partial charge in [0.15, 0.2) is 0 Å². The maximum Gasteiger partial charge on any atom is 0.216 e. The molecule has 2 atom stereocenters. The van der Waals surface area contributed by atoms with Crippen molar-refractivity contribution < 1.29 is 4.79 Å². The number of rotatable bonds is 4. The molecule has 2 heterocycles. The number of hydrogen-bond acceptors (Lipinski definition) is 5. The second-order valence-electron chi connectivity index (χ2n) is 5.49. The number of carbonyl (C=O) groups is 1. The summed E-state index contributed by atoms with van der Waals surface area (Å²) in [6.07, 6.45) is 3.17. The molecule has 7 heteroatoms. The smallest absolute Gasteiger partial charge is 0.216 e. The van der Waals surface area contributed by atoms with Crippen molar-refractivity contribution in [1.29, 1.82) is 0 Å². The number of nitrogens with one attached hydrogen (secondary N) is 1. The van der Waals surface area contributed by atoms with Gasteiger partial charge in [-0.25, -0.2) is 4.99 Å². The molecule has 0 aliphatic carbocycles. The molecule has 0 bridgehead atoms. The molecule has 2 aliphatic heterocycles. The summed E-state index contributed by atoms with van der Waals surface area (Å²) < 4.78 is 0. The van der Waals surface area contributed by atoms with E-state index in [2.05, 4.69) is 15.3 Å². The van der Waals surface area contributed by atoms with Crippen molar-refractivity contribution >= 4 is 35.3 Å². The summed E-state index contributed by atoms with van der Waals surface area (Å²) in [7, 11) is 0. The van der Waals surface area contributed by atoms with Gasteiger partial charge in [-0.15, -0.1) is 0 Å². The molecule has 120 valence electrons. The largest absolute Gasteiger partial charge is 0.355 e. The van der Waals surface area contributed by atoms with Crippen LogP contribution in [0.25, 0.3) is 5.57 Å². The van der Waals surface area contributed by atoms with E-state index in [1.807, 2.05) is 35.4 Å². The normalized spacial score (nSPS) is 22.5. The van der Waals surface area contributed by atoms with Gasteiger partial charge in [0.05, 0.1) is 5.92 Å². The Kier molecular flexibility index (Phi) is 4.45. The van der Waals surface area contributed by atoms with Crippen LogP contribution in [0.3, 0.4) is 0 Å². The number of fused-ring (bicyclic) bond motifs is 1. The fraction of sp³-hybridized carbons (Fsp3) is 0.312. The predicted molar refractivity (Wildman–Crippen MR) is 92.2 cm³/mol. The monoisotopic (exact) mass is 331 g/mol. The highest BCUT2D eigenvalue weighted by molar-refractivity contribution is 6.30. The van der Waals surface area contributed by atoms with Crippen LogP contribution in [0.4, 0.5) is 0 Å². The van der Waals surface area contributed by atoms with E-state index >= 15 is 0 Å². The van der Waals surface area contributed by atoms with E-state index in [9.17, 15) is 4.79 Å². The van der Waals surface area contributed by atoms with Crippen LogP contribution < -0.4 is 11.1 Å². The van der Waals surface area contributed by atoms with E-state index in [0.717, 1.165) is 17.0 Å². The Morgan fingerprint density at radius 2 is 2.13 bits per heavy atom. The second-order valence-corrected chi connectivity index (χ2v) is 5.92. The fourth-order valence-corrected chi connectivity index (χ4v) is 2.93. The first-order chi connectivity index (χ1) is 11.1. The van der Waals surface area contributed by atoms with E-state index in [0.29, 0.717) is 18.1 Å². The summed E-state index contributed by atoms with van der Waals surface area (Å²) in [5.41, 5.74) is 8.28. The molecule has 0 spiro atoms. The van der Waals surface area contributed by atoms with Gasteiger partial charge in [0.1, 0.15) is 18.3 Å². The van der Waals surface area contributed by atoms with Crippen molar-refractivity contribution in [3.05, 3.63) is 41.1 Å². The van der Waals surface area contributed by atoms with E-state index in [4.69, 9.17) is 17.3 Å². The van der Waals surface area contributed by atoms with Gasteiger partial charge in [-0.1, -0.05) is 23.7 Å². The molecule has 0 aromatic heterocycles. The molecule has 3 N–H and O–H groups in total. The lowest BCUT2D eigenvalue weighted by atomic mass is 9.92. The third-order valence-electron chi connectivity index (χ3n) is 3.88. The number of hydrogen-bond donors (Lipinski definition) is 2. The van der Waals surface area contributed by atoms with Crippen LogP contribution in [0.1, 0.15) is 12.5 Å². The van der Waals surface area contributed by atoms with Gasteiger partial charge in [0.25, 0.3) is 0 Å². The lowest BCUT2D eigenvalue weighted by Gasteiger charge is -2.25. The Balaban J connectivity index is 1.87. The van der Waals surface area contributed by atoms with Crippen LogP contribution in [0, 0.1) is 5.92 Å². The number of amides is 1.